The fourth-order valence-corrected chi connectivity index (χ4v) is 3.39. The van der Waals surface area contributed by atoms with Crippen molar-refractivity contribution < 1.29 is 19.4 Å². The maximum absolute atomic E-state index is 11.1. The molecule has 0 heterocycles. The van der Waals surface area contributed by atoms with Gasteiger partial charge in [-0.2, -0.15) is 5.10 Å². The number of hydrogen-bond acceptors (Lipinski definition) is 5. The lowest BCUT2D eigenvalue weighted by atomic mass is 10.1. The summed E-state index contributed by atoms with van der Waals surface area (Å²) in [7, 11) is 1.59. The molecule has 0 aliphatic rings. The number of aromatic carboxylic acids is 1. The van der Waals surface area contributed by atoms with Gasteiger partial charge >= 0.3 is 5.97 Å². The van der Waals surface area contributed by atoms with Crippen molar-refractivity contribution >= 4 is 23.6 Å². The first kappa shape index (κ1) is 22.6. The van der Waals surface area contributed by atoms with E-state index >= 15 is 0 Å². The summed E-state index contributed by atoms with van der Waals surface area (Å²) in [6.07, 6.45) is 1.74. The molecule has 34 heavy (non-hydrogen) atoms. The van der Waals surface area contributed by atoms with Gasteiger partial charge in [-0.3, -0.25) is 0 Å². The fraction of sp³-hybridized carbons (Fsp3) is 0.0714. The fourth-order valence-electron chi connectivity index (χ4n) is 3.39. The summed E-state index contributed by atoms with van der Waals surface area (Å²) >= 11 is 0. The molecule has 4 aromatic carbocycles. The number of hydrazone groups is 1. The molecule has 1 N–H and O–H groups in total. The number of para-hydroxylation sites is 3. The van der Waals surface area contributed by atoms with Crippen LogP contribution in [0, 0.1) is 0 Å². The molecule has 0 aromatic heterocycles. The molecule has 0 radical (unpaired) electrons. The van der Waals surface area contributed by atoms with Crippen LogP contribution in [0.25, 0.3) is 0 Å². The van der Waals surface area contributed by atoms with Gasteiger partial charge < -0.3 is 14.6 Å². The quantitative estimate of drug-likeness (QED) is 0.244. The van der Waals surface area contributed by atoms with Crippen molar-refractivity contribution in [3.63, 3.8) is 0 Å². The Labute approximate surface area is 198 Å². The lowest BCUT2D eigenvalue weighted by Gasteiger charge is -2.19. The molecule has 0 bridgehead atoms. The third-order valence-corrected chi connectivity index (χ3v) is 5.13. The van der Waals surface area contributed by atoms with Gasteiger partial charge in [0.05, 0.1) is 30.3 Å². The summed E-state index contributed by atoms with van der Waals surface area (Å²) in [4.78, 5) is 11.1. The Morgan fingerprint density at radius 1 is 0.853 bits per heavy atom. The van der Waals surface area contributed by atoms with Crippen molar-refractivity contribution in [2.45, 2.75) is 6.61 Å². The molecule has 170 valence electrons. The molecule has 0 aliphatic carbocycles. The number of methoxy groups -OCH3 is 1. The minimum absolute atomic E-state index is 0.232. The molecule has 6 nitrogen and oxygen atoms in total. The highest BCUT2D eigenvalue weighted by atomic mass is 16.5. The molecule has 0 atom stereocenters. The Balaban J connectivity index is 1.62. The average molecular weight is 453 g/mol. The van der Waals surface area contributed by atoms with Crippen LogP contribution in [0.4, 0.5) is 11.4 Å². The molecule has 6 heteroatoms. The highest BCUT2D eigenvalue weighted by molar-refractivity contribution is 5.87. The summed E-state index contributed by atoms with van der Waals surface area (Å²) < 4.78 is 11.6. The molecule has 0 saturated carbocycles. The van der Waals surface area contributed by atoms with E-state index in [2.05, 4.69) is 0 Å². The molecule has 0 fully saturated rings. The van der Waals surface area contributed by atoms with E-state index in [1.54, 1.807) is 37.6 Å². The van der Waals surface area contributed by atoms with Gasteiger partial charge in [0, 0.05) is 5.56 Å². The van der Waals surface area contributed by atoms with E-state index in [0.717, 1.165) is 22.5 Å². The lowest BCUT2D eigenvalue weighted by Crippen LogP contribution is -2.09. The molecular weight excluding hydrogens is 428 g/mol. The van der Waals surface area contributed by atoms with Crippen molar-refractivity contribution in [2.24, 2.45) is 5.10 Å². The molecule has 4 rings (SSSR count). The number of carboxylic acid groups (broad SMARTS) is 1. The third-order valence-electron chi connectivity index (χ3n) is 5.13. The highest BCUT2D eigenvalue weighted by Crippen LogP contribution is 2.32. The lowest BCUT2D eigenvalue weighted by molar-refractivity contribution is 0.0697. The number of carbonyl (C=O) groups is 1. The zero-order valence-corrected chi connectivity index (χ0v) is 18.7. The first-order valence-electron chi connectivity index (χ1n) is 10.7. The van der Waals surface area contributed by atoms with Crippen LogP contribution < -0.4 is 14.5 Å². The molecule has 0 saturated heterocycles. The topological polar surface area (TPSA) is 71.4 Å². The van der Waals surface area contributed by atoms with Crippen molar-refractivity contribution in [3.05, 3.63) is 120 Å². The Kier molecular flexibility index (Phi) is 7.20. The van der Waals surface area contributed by atoms with Crippen molar-refractivity contribution in [1.29, 1.82) is 0 Å². The number of rotatable bonds is 9. The average Bonchev–Trinajstić information content (AvgIpc) is 2.89. The normalized spacial score (nSPS) is 10.7. The number of anilines is 2. The molecule has 0 aliphatic heterocycles. The van der Waals surface area contributed by atoms with Gasteiger partial charge in [0.2, 0.25) is 0 Å². The molecule has 4 aromatic rings. The Bertz CT molecular complexity index is 1220. The van der Waals surface area contributed by atoms with Gasteiger partial charge in [-0.05, 0) is 54.1 Å². The standard InChI is InChI=1S/C28H24N2O4/c1-33-26-14-8-9-23(27(26)34-20-21-15-17-22(18-16-21)28(31)32)19-29-30(24-10-4-2-5-11-24)25-12-6-3-7-13-25/h2-19H,20H2,1H3,(H,31,32)/b29-19-. The van der Waals surface area contributed by atoms with Crippen LogP contribution in [0.15, 0.2) is 108 Å². The van der Waals surface area contributed by atoms with E-state index in [0.29, 0.717) is 11.5 Å². The van der Waals surface area contributed by atoms with Gasteiger partial charge in [-0.25, -0.2) is 9.80 Å². The van der Waals surface area contributed by atoms with Gasteiger partial charge in [0.25, 0.3) is 0 Å². The maximum Gasteiger partial charge on any atom is 0.335 e. The number of benzene rings is 4. The van der Waals surface area contributed by atoms with E-state index < -0.39 is 5.97 Å². The maximum atomic E-state index is 11.1. The summed E-state index contributed by atoms with van der Waals surface area (Å²) in [6, 6.07) is 32.0. The summed E-state index contributed by atoms with van der Waals surface area (Å²) in [5.74, 6) is 0.172. The second-order valence-corrected chi connectivity index (χ2v) is 7.40. The predicted molar refractivity (Wildman–Crippen MR) is 133 cm³/mol. The van der Waals surface area contributed by atoms with E-state index in [1.807, 2.05) is 83.9 Å². The van der Waals surface area contributed by atoms with Crippen molar-refractivity contribution in [2.75, 3.05) is 12.1 Å². The summed E-state index contributed by atoms with van der Waals surface area (Å²) in [6.45, 7) is 0.252. The van der Waals surface area contributed by atoms with Crippen molar-refractivity contribution in [3.8, 4) is 11.5 Å². The monoisotopic (exact) mass is 452 g/mol. The van der Waals surface area contributed by atoms with Gasteiger partial charge in [0.15, 0.2) is 11.5 Å². The zero-order chi connectivity index (χ0) is 23.8. The van der Waals surface area contributed by atoms with Crippen LogP contribution in [0.3, 0.4) is 0 Å². The van der Waals surface area contributed by atoms with Crippen LogP contribution in [0.5, 0.6) is 11.5 Å². The second kappa shape index (κ2) is 10.8. The Morgan fingerprint density at radius 3 is 2.03 bits per heavy atom. The third kappa shape index (κ3) is 5.42. The van der Waals surface area contributed by atoms with Crippen LogP contribution in [-0.4, -0.2) is 24.4 Å². The molecular formula is C28H24N2O4. The zero-order valence-electron chi connectivity index (χ0n) is 18.7. The Morgan fingerprint density at radius 2 is 1.47 bits per heavy atom. The smallest absolute Gasteiger partial charge is 0.335 e. The molecule has 0 spiro atoms. The van der Waals surface area contributed by atoms with E-state index in [4.69, 9.17) is 19.7 Å². The Hall–Kier alpha value is -4.58. The SMILES string of the molecule is COc1cccc(/C=N\N(c2ccccc2)c2ccccc2)c1OCc1ccc(C(=O)O)cc1. The minimum atomic E-state index is -0.961. The van der Waals surface area contributed by atoms with Crippen LogP contribution in [0.1, 0.15) is 21.5 Å². The number of hydrogen-bond donors (Lipinski definition) is 1. The first-order chi connectivity index (χ1) is 16.7. The largest absolute Gasteiger partial charge is 0.493 e. The van der Waals surface area contributed by atoms with Crippen LogP contribution in [-0.2, 0) is 6.61 Å². The summed E-state index contributed by atoms with van der Waals surface area (Å²) in [5.41, 5.74) is 3.67. The number of ether oxygens (including phenoxy) is 2. The van der Waals surface area contributed by atoms with E-state index in [-0.39, 0.29) is 12.2 Å². The van der Waals surface area contributed by atoms with Crippen molar-refractivity contribution in [1.82, 2.24) is 0 Å². The first-order valence-corrected chi connectivity index (χ1v) is 10.7. The van der Waals surface area contributed by atoms with Gasteiger partial charge in [0.1, 0.15) is 6.61 Å². The number of nitrogens with zero attached hydrogens (tertiary/aromatic N) is 2. The molecule has 0 unspecified atom stereocenters. The molecule has 0 amide bonds. The van der Waals surface area contributed by atoms with E-state index in [1.165, 1.54) is 0 Å². The van der Waals surface area contributed by atoms with Gasteiger partial charge in [-0.15, -0.1) is 0 Å². The van der Waals surface area contributed by atoms with Crippen LogP contribution >= 0.6 is 0 Å². The second-order valence-electron chi connectivity index (χ2n) is 7.40. The highest BCUT2D eigenvalue weighted by Gasteiger charge is 2.12. The van der Waals surface area contributed by atoms with Gasteiger partial charge in [-0.1, -0.05) is 54.6 Å². The number of carboxylic acids is 1. The van der Waals surface area contributed by atoms with Crippen LogP contribution in [0.2, 0.25) is 0 Å². The summed E-state index contributed by atoms with van der Waals surface area (Å²) in [5, 5.41) is 15.7. The predicted octanol–water partition coefficient (Wildman–Crippen LogP) is 6.14. The minimum Gasteiger partial charge on any atom is -0.493 e. The van der Waals surface area contributed by atoms with E-state index in [9.17, 15) is 4.79 Å².